The third kappa shape index (κ3) is 6.61. The van der Waals surface area contributed by atoms with Gasteiger partial charge in [0.05, 0.1) is 17.1 Å². The predicted molar refractivity (Wildman–Crippen MR) is 168 cm³/mol. The summed E-state index contributed by atoms with van der Waals surface area (Å²) in [4.78, 5) is 0. The van der Waals surface area contributed by atoms with Crippen LogP contribution >= 0.6 is 0 Å². The zero-order chi connectivity index (χ0) is 27.5. The van der Waals surface area contributed by atoms with Gasteiger partial charge >= 0.3 is 34.4 Å². The summed E-state index contributed by atoms with van der Waals surface area (Å²) in [6, 6.07) is 38.1. The molecular formula is C33H34BN6Tl. The van der Waals surface area contributed by atoms with Gasteiger partial charge in [-0.3, -0.25) is 0 Å². The molecule has 6 rings (SSSR count). The smallest absolute Gasteiger partial charge is 0.400 e. The third-order valence-electron chi connectivity index (χ3n) is 7.58. The molecule has 0 amide bonds. The van der Waals surface area contributed by atoms with Gasteiger partial charge in [-0.25, -0.2) is 15.3 Å². The summed E-state index contributed by atoms with van der Waals surface area (Å²) in [5.41, 5.74) is 10.2. The van der Waals surface area contributed by atoms with Crippen LogP contribution in [0.3, 0.4) is 0 Å². The first-order valence-electron chi connectivity index (χ1n) is 14.0. The second-order valence-electron chi connectivity index (χ2n) is 10.7. The summed E-state index contributed by atoms with van der Waals surface area (Å²) in [6.45, 7) is 6.40. The van der Waals surface area contributed by atoms with E-state index in [4.69, 9.17) is 15.3 Å². The van der Waals surface area contributed by atoms with Crippen LogP contribution in [0.1, 0.15) is 50.9 Å². The van der Waals surface area contributed by atoms with Crippen LogP contribution in [0.2, 0.25) is 0 Å². The van der Waals surface area contributed by atoms with Crippen molar-refractivity contribution in [3.05, 3.63) is 160 Å². The molecule has 0 aliphatic rings. The van der Waals surface area contributed by atoms with Gasteiger partial charge in [0.25, 0.3) is 0 Å². The molecule has 0 saturated heterocycles. The van der Waals surface area contributed by atoms with E-state index in [0.29, 0.717) is 0 Å². The van der Waals surface area contributed by atoms with Gasteiger partial charge in [0, 0.05) is 19.3 Å². The van der Waals surface area contributed by atoms with Crippen LogP contribution in [0.4, 0.5) is 0 Å². The Kier molecular flexibility index (Phi) is 9.02. The molecule has 0 aliphatic carbocycles. The zero-order valence-electron chi connectivity index (χ0n) is 24.0. The van der Waals surface area contributed by atoms with E-state index in [9.17, 15) is 0 Å². The fourth-order valence-corrected chi connectivity index (χ4v) is 5.65. The largest absolute Gasteiger partial charge is 1.00 e. The Balaban J connectivity index is 0.00000337. The number of aryl methyl sites for hydroxylation is 3. The molecule has 6 aromatic rings. The second-order valence-corrected chi connectivity index (χ2v) is 10.7. The standard InChI is InChI=1S/C33H34BN6.Tl/c1-25-19-31(22-28-13-7-4-8-14-28)35-38(25)34(39-26(2)20-32(36-39)23-29-15-9-5-10-16-29)40-27(3)21-33(37-40)24-30-17-11-6-12-18-30;/h4-21,34H,22-24H2,1-3H3;/q-1;+1. The van der Waals surface area contributed by atoms with E-state index in [0.717, 1.165) is 53.4 Å². The Hall–Kier alpha value is -3.72. The topological polar surface area (TPSA) is 53.5 Å². The van der Waals surface area contributed by atoms with E-state index in [1.807, 2.05) is 0 Å². The number of hydrogen-bond donors (Lipinski definition) is 0. The fraction of sp³-hybridized carbons (Fsp3) is 0.182. The number of aromatic nitrogens is 6. The number of rotatable bonds is 9. The van der Waals surface area contributed by atoms with E-state index >= 15 is 0 Å². The van der Waals surface area contributed by atoms with Gasteiger partial charge in [-0.2, -0.15) is 0 Å². The van der Waals surface area contributed by atoms with Crippen LogP contribution in [-0.4, -0.2) is 63.5 Å². The normalized spacial score (nSPS) is 11.1. The van der Waals surface area contributed by atoms with Crippen molar-refractivity contribution in [3.8, 4) is 0 Å². The fourth-order valence-electron chi connectivity index (χ4n) is 5.65. The molecule has 0 fully saturated rings. The zero-order valence-corrected chi connectivity index (χ0v) is 28.5. The molecule has 0 atom stereocenters. The molecule has 0 aliphatic heterocycles. The van der Waals surface area contributed by atoms with Crippen molar-refractivity contribution in [1.82, 2.24) is 29.1 Å². The first kappa shape index (κ1) is 28.8. The van der Waals surface area contributed by atoms with E-state index in [-0.39, 0.29) is 27.3 Å². The molecule has 0 N–H and O–H groups in total. The predicted octanol–water partition coefficient (Wildman–Crippen LogP) is 5.25. The molecule has 8 heteroatoms. The summed E-state index contributed by atoms with van der Waals surface area (Å²) >= 11 is 0. The number of hydrogen-bond acceptors (Lipinski definition) is 3. The van der Waals surface area contributed by atoms with Crippen LogP contribution in [0.15, 0.2) is 109 Å². The minimum Gasteiger partial charge on any atom is -0.400 e. The van der Waals surface area contributed by atoms with Gasteiger partial charge in [-0.05, 0) is 72.7 Å². The molecular weight excluding hydrogens is 696 g/mol. The number of benzene rings is 3. The molecule has 0 unspecified atom stereocenters. The summed E-state index contributed by atoms with van der Waals surface area (Å²) in [5.74, 6) is 0. The average molecular weight is 730 g/mol. The molecule has 0 spiro atoms. The molecule has 202 valence electrons. The molecule has 3 aromatic heterocycles. The van der Waals surface area contributed by atoms with Gasteiger partial charge in [0.15, 0.2) is 0 Å². The van der Waals surface area contributed by atoms with Crippen LogP contribution in [0.5, 0.6) is 0 Å². The van der Waals surface area contributed by atoms with E-state index in [2.05, 4.69) is 144 Å². The van der Waals surface area contributed by atoms with Crippen molar-refractivity contribution in [2.45, 2.75) is 40.0 Å². The second kappa shape index (κ2) is 12.8. The van der Waals surface area contributed by atoms with Crippen molar-refractivity contribution >= 4 is 34.4 Å². The molecule has 0 saturated carbocycles. The van der Waals surface area contributed by atoms with Crippen LogP contribution in [0.25, 0.3) is 0 Å². The summed E-state index contributed by atoms with van der Waals surface area (Å²) < 4.78 is 6.45. The maximum absolute atomic E-state index is 5.16. The Morgan fingerprint density at radius 3 is 1.00 bits per heavy atom. The van der Waals surface area contributed by atoms with Crippen molar-refractivity contribution in [1.29, 1.82) is 0 Å². The van der Waals surface area contributed by atoms with E-state index < -0.39 is 7.12 Å². The monoisotopic (exact) mass is 730 g/mol. The van der Waals surface area contributed by atoms with Crippen LogP contribution in [-0.2, 0) is 19.3 Å². The number of nitrogens with zero attached hydrogens (tertiary/aromatic N) is 6. The summed E-state index contributed by atoms with van der Waals surface area (Å²) in [5, 5.41) is 15.5. The summed E-state index contributed by atoms with van der Waals surface area (Å²) in [7, 11) is -1.51. The Labute approximate surface area is 262 Å². The van der Waals surface area contributed by atoms with Crippen molar-refractivity contribution in [3.63, 3.8) is 0 Å². The molecule has 3 heterocycles. The average Bonchev–Trinajstić information content (AvgIpc) is 3.62. The van der Waals surface area contributed by atoms with Gasteiger partial charge in [-0.1, -0.05) is 91.0 Å². The van der Waals surface area contributed by atoms with Gasteiger partial charge in [0.1, 0.15) is 0 Å². The third-order valence-corrected chi connectivity index (χ3v) is 7.58. The molecule has 0 bridgehead atoms. The molecule has 6 nitrogen and oxygen atoms in total. The van der Waals surface area contributed by atoms with Crippen molar-refractivity contribution < 1.29 is 0 Å². The minimum atomic E-state index is -1.51. The Morgan fingerprint density at radius 1 is 0.463 bits per heavy atom. The van der Waals surface area contributed by atoms with Gasteiger partial charge in [0.2, 0.25) is 0 Å². The Bertz CT molecular complexity index is 1500. The summed E-state index contributed by atoms with van der Waals surface area (Å²) in [6.07, 6.45) is 2.36. The van der Waals surface area contributed by atoms with Crippen molar-refractivity contribution in [2.24, 2.45) is 0 Å². The first-order chi connectivity index (χ1) is 19.5. The maximum Gasteiger partial charge on any atom is 1.00 e. The first-order valence-corrected chi connectivity index (χ1v) is 14.0. The quantitative estimate of drug-likeness (QED) is 0.191. The molecule has 41 heavy (non-hydrogen) atoms. The maximum atomic E-state index is 5.16. The van der Waals surface area contributed by atoms with Gasteiger partial charge < -0.3 is 13.8 Å². The molecule has 3 aromatic carbocycles. The Morgan fingerprint density at radius 2 is 0.732 bits per heavy atom. The molecule has 0 radical (unpaired) electrons. The van der Waals surface area contributed by atoms with Crippen LogP contribution < -0.4 is 0 Å². The van der Waals surface area contributed by atoms with Crippen LogP contribution in [0, 0.1) is 20.8 Å². The van der Waals surface area contributed by atoms with Gasteiger partial charge in [-0.15, -0.1) is 0 Å². The van der Waals surface area contributed by atoms with Crippen molar-refractivity contribution in [2.75, 3.05) is 0 Å². The SMILES string of the molecule is Cc1cc(Cc2ccccc2)nn1[BH-](n1nc(Cc2ccccc2)cc1C)n1nc(Cc2ccccc2)cc1C.[Tl+]. The van der Waals surface area contributed by atoms with E-state index in [1.165, 1.54) is 16.7 Å². The van der Waals surface area contributed by atoms with E-state index in [1.54, 1.807) is 0 Å². The minimum absolute atomic E-state index is 0.